The Balaban J connectivity index is 2.12. The number of hydrogen-bond acceptors (Lipinski definition) is 1. The lowest BCUT2D eigenvalue weighted by Crippen LogP contribution is -2.33. The van der Waals surface area contributed by atoms with E-state index in [1.807, 2.05) is 0 Å². The number of aryl methyl sites for hydroxylation is 1. The fourth-order valence-electron chi connectivity index (χ4n) is 3.71. The van der Waals surface area contributed by atoms with Crippen molar-refractivity contribution in [2.75, 3.05) is 6.54 Å². The normalized spacial score (nSPS) is 27.5. The van der Waals surface area contributed by atoms with E-state index in [1.165, 1.54) is 36.8 Å². The second-order valence-corrected chi connectivity index (χ2v) is 7.05. The summed E-state index contributed by atoms with van der Waals surface area (Å²) in [6, 6.07) is 9.88. The standard InChI is InChI=1S/C20H33N/c1-5-13-21-20(18-11-8-17(6-2)9-12-18)19-10-7-15(3)16(4)14-19/h8-9,11-12,15-16,19-21H,5-7,10,13-14H2,1-4H3. The highest BCUT2D eigenvalue weighted by Crippen LogP contribution is 2.39. The molecule has 1 fully saturated rings. The quantitative estimate of drug-likeness (QED) is 0.742. The van der Waals surface area contributed by atoms with Crippen LogP contribution in [0.3, 0.4) is 0 Å². The van der Waals surface area contributed by atoms with Crippen molar-refractivity contribution in [2.45, 2.75) is 65.8 Å². The van der Waals surface area contributed by atoms with Crippen LogP contribution in [0.5, 0.6) is 0 Å². The van der Waals surface area contributed by atoms with Gasteiger partial charge >= 0.3 is 0 Å². The average Bonchev–Trinajstić information content (AvgIpc) is 2.51. The van der Waals surface area contributed by atoms with Crippen molar-refractivity contribution in [3.63, 3.8) is 0 Å². The van der Waals surface area contributed by atoms with Crippen LogP contribution >= 0.6 is 0 Å². The van der Waals surface area contributed by atoms with Crippen LogP contribution in [0.25, 0.3) is 0 Å². The number of hydrogen-bond donors (Lipinski definition) is 1. The van der Waals surface area contributed by atoms with Crippen LogP contribution in [0.4, 0.5) is 0 Å². The maximum atomic E-state index is 3.83. The van der Waals surface area contributed by atoms with Gasteiger partial charge in [-0.1, -0.05) is 58.4 Å². The van der Waals surface area contributed by atoms with Gasteiger partial charge in [-0.3, -0.25) is 0 Å². The Bertz CT molecular complexity index is 408. The third-order valence-electron chi connectivity index (χ3n) is 5.47. The average molecular weight is 287 g/mol. The molecule has 21 heavy (non-hydrogen) atoms. The van der Waals surface area contributed by atoms with Crippen molar-refractivity contribution in [2.24, 2.45) is 17.8 Å². The van der Waals surface area contributed by atoms with E-state index >= 15 is 0 Å². The molecule has 0 spiro atoms. The number of rotatable bonds is 6. The molecule has 1 heteroatoms. The number of benzene rings is 1. The first-order valence-electron chi connectivity index (χ1n) is 8.97. The lowest BCUT2D eigenvalue weighted by molar-refractivity contribution is 0.171. The van der Waals surface area contributed by atoms with Crippen molar-refractivity contribution >= 4 is 0 Å². The molecule has 1 aliphatic carbocycles. The summed E-state index contributed by atoms with van der Waals surface area (Å²) in [5, 5.41) is 3.83. The Morgan fingerprint density at radius 2 is 1.76 bits per heavy atom. The Morgan fingerprint density at radius 1 is 1.05 bits per heavy atom. The van der Waals surface area contributed by atoms with Gasteiger partial charge in [0, 0.05) is 6.04 Å². The van der Waals surface area contributed by atoms with E-state index in [0.29, 0.717) is 6.04 Å². The molecule has 0 saturated heterocycles. The Kier molecular flexibility index (Phi) is 6.29. The molecular formula is C20H33N. The molecule has 4 atom stereocenters. The van der Waals surface area contributed by atoms with Crippen molar-refractivity contribution in [1.82, 2.24) is 5.32 Å². The summed E-state index contributed by atoms with van der Waals surface area (Å²) in [4.78, 5) is 0. The first kappa shape index (κ1) is 16.5. The highest BCUT2D eigenvalue weighted by Gasteiger charge is 2.30. The Hall–Kier alpha value is -0.820. The van der Waals surface area contributed by atoms with Gasteiger partial charge < -0.3 is 5.32 Å². The maximum Gasteiger partial charge on any atom is 0.0348 e. The van der Waals surface area contributed by atoms with E-state index in [0.717, 1.165) is 30.7 Å². The van der Waals surface area contributed by atoms with E-state index in [-0.39, 0.29) is 0 Å². The zero-order valence-electron chi connectivity index (χ0n) is 14.4. The molecule has 4 unspecified atom stereocenters. The predicted octanol–water partition coefficient (Wildman–Crippen LogP) is 5.36. The second-order valence-electron chi connectivity index (χ2n) is 7.05. The van der Waals surface area contributed by atoms with Gasteiger partial charge in [-0.2, -0.15) is 0 Å². The summed E-state index contributed by atoms with van der Waals surface area (Å²) in [5.74, 6) is 2.57. The molecule has 1 nitrogen and oxygen atoms in total. The minimum absolute atomic E-state index is 0.547. The van der Waals surface area contributed by atoms with E-state index in [2.05, 4.69) is 57.3 Å². The van der Waals surface area contributed by atoms with E-state index < -0.39 is 0 Å². The molecule has 1 aromatic carbocycles. The molecule has 0 bridgehead atoms. The topological polar surface area (TPSA) is 12.0 Å². The molecule has 0 amide bonds. The summed E-state index contributed by atoms with van der Waals surface area (Å²) >= 11 is 0. The van der Waals surface area contributed by atoms with Crippen molar-refractivity contribution in [3.05, 3.63) is 35.4 Å². The second kappa shape index (κ2) is 7.98. The first-order chi connectivity index (χ1) is 10.2. The van der Waals surface area contributed by atoms with Gasteiger partial charge in [0.25, 0.3) is 0 Å². The molecule has 0 heterocycles. The maximum absolute atomic E-state index is 3.83. The minimum atomic E-state index is 0.547. The van der Waals surface area contributed by atoms with E-state index in [9.17, 15) is 0 Å². The van der Waals surface area contributed by atoms with Gasteiger partial charge in [0.05, 0.1) is 0 Å². The SMILES string of the molecule is CCCNC(c1ccc(CC)cc1)C1CCC(C)C(C)C1. The van der Waals surface area contributed by atoms with E-state index in [4.69, 9.17) is 0 Å². The largest absolute Gasteiger partial charge is 0.310 e. The van der Waals surface area contributed by atoms with Gasteiger partial charge in [-0.15, -0.1) is 0 Å². The first-order valence-corrected chi connectivity index (χ1v) is 8.97. The molecule has 1 aromatic rings. The lowest BCUT2D eigenvalue weighted by Gasteiger charge is -2.37. The number of nitrogens with one attached hydrogen (secondary N) is 1. The summed E-state index contributed by atoms with van der Waals surface area (Å²) < 4.78 is 0. The van der Waals surface area contributed by atoms with Gasteiger partial charge in [-0.25, -0.2) is 0 Å². The Morgan fingerprint density at radius 3 is 2.33 bits per heavy atom. The van der Waals surface area contributed by atoms with Gasteiger partial charge in [0.15, 0.2) is 0 Å². The Labute approximate surface area is 131 Å². The zero-order chi connectivity index (χ0) is 15.2. The van der Waals surface area contributed by atoms with Crippen molar-refractivity contribution < 1.29 is 0 Å². The minimum Gasteiger partial charge on any atom is -0.310 e. The zero-order valence-corrected chi connectivity index (χ0v) is 14.4. The van der Waals surface area contributed by atoms with Gasteiger partial charge in [0.2, 0.25) is 0 Å². The molecule has 1 N–H and O–H groups in total. The monoisotopic (exact) mass is 287 g/mol. The summed E-state index contributed by atoms with van der Waals surface area (Å²) in [6.45, 7) is 10.5. The van der Waals surface area contributed by atoms with Gasteiger partial charge in [0.1, 0.15) is 0 Å². The molecule has 1 aliphatic rings. The van der Waals surface area contributed by atoms with Crippen LogP contribution < -0.4 is 5.32 Å². The predicted molar refractivity (Wildman–Crippen MR) is 92.5 cm³/mol. The molecule has 0 radical (unpaired) electrons. The highest BCUT2D eigenvalue weighted by atomic mass is 14.9. The van der Waals surface area contributed by atoms with E-state index in [1.54, 1.807) is 0 Å². The van der Waals surface area contributed by atoms with Crippen LogP contribution in [-0.4, -0.2) is 6.54 Å². The third-order valence-corrected chi connectivity index (χ3v) is 5.47. The van der Waals surface area contributed by atoms with Crippen LogP contribution in [0.15, 0.2) is 24.3 Å². The van der Waals surface area contributed by atoms with Gasteiger partial charge in [-0.05, 0) is 61.1 Å². The molecule has 1 saturated carbocycles. The summed E-state index contributed by atoms with van der Waals surface area (Å²) in [5.41, 5.74) is 2.94. The molecule has 0 aliphatic heterocycles. The fraction of sp³-hybridized carbons (Fsp3) is 0.700. The van der Waals surface area contributed by atoms with Crippen molar-refractivity contribution in [1.29, 1.82) is 0 Å². The van der Waals surface area contributed by atoms with Crippen LogP contribution in [0, 0.1) is 17.8 Å². The summed E-state index contributed by atoms with van der Waals surface area (Å²) in [7, 11) is 0. The van der Waals surface area contributed by atoms with Crippen LogP contribution in [-0.2, 0) is 6.42 Å². The highest BCUT2D eigenvalue weighted by molar-refractivity contribution is 5.25. The fourth-order valence-corrected chi connectivity index (χ4v) is 3.71. The summed E-state index contributed by atoms with van der Waals surface area (Å²) in [6.07, 6.45) is 6.48. The third kappa shape index (κ3) is 4.32. The lowest BCUT2D eigenvalue weighted by atomic mass is 9.72. The smallest absolute Gasteiger partial charge is 0.0348 e. The molecular weight excluding hydrogens is 254 g/mol. The van der Waals surface area contributed by atoms with Crippen molar-refractivity contribution in [3.8, 4) is 0 Å². The molecule has 0 aromatic heterocycles. The molecule has 2 rings (SSSR count). The van der Waals surface area contributed by atoms with Crippen LogP contribution in [0.2, 0.25) is 0 Å². The molecule has 118 valence electrons. The van der Waals surface area contributed by atoms with Crippen LogP contribution in [0.1, 0.15) is 70.5 Å².